The number of hydrogen-bond donors (Lipinski definition) is 0. The zero-order valence-electron chi connectivity index (χ0n) is 8.22. The highest BCUT2D eigenvalue weighted by atomic mass is 35.5. The van der Waals surface area contributed by atoms with Crippen LogP contribution in [0.4, 0.5) is 0 Å². The van der Waals surface area contributed by atoms with Gasteiger partial charge >= 0.3 is 0 Å². The Hall–Kier alpha value is 0.250. The maximum absolute atomic E-state index is 5.91. The van der Waals surface area contributed by atoms with Crippen molar-refractivity contribution in [1.29, 1.82) is 0 Å². The molecule has 72 valence electrons. The molecule has 1 nitrogen and oxygen atoms in total. The first-order valence-electron chi connectivity index (χ1n) is 5.11. The van der Waals surface area contributed by atoms with Crippen LogP contribution in [0.25, 0.3) is 0 Å². The molecule has 1 saturated heterocycles. The zero-order chi connectivity index (χ0) is 8.97. The van der Waals surface area contributed by atoms with Gasteiger partial charge in [-0.05, 0) is 32.7 Å². The monoisotopic (exact) mass is 189 g/mol. The Kier molecular flexibility index (Phi) is 4.38. The third-order valence-electron chi connectivity index (χ3n) is 2.90. The largest absolute Gasteiger partial charge is 0.297 e. The lowest BCUT2D eigenvalue weighted by Gasteiger charge is -2.26. The number of halogens is 1. The second-order valence-electron chi connectivity index (χ2n) is 3.83. The highest BCUT2D eigenvalue weighted by molar-refractivity contribution is 6.18. The van der Waals surface area contributed by atoms with Crippen molar-refractivity contribution in [2.75, 3.05) is 12.4 Å². The van der Waals surface area contributed by atoms with Crippen LogP contribution in [-0.2, 0) is 0 Å². The molecule has 0 spiro atoms. The number of nitrogens with zero attached hydrogens (tertiary/aromatic N) is 1. The maximum atomic E-state index is 5.91. The first-order chi connectivity index (χ1) is 5.79. The van der Waals surface area contributed by atoms with E-state index < -0.39 is 0 Å². The van der Waals surface area contributed by atoms with Crippen molar-refractivity contribution in [3.05, 3.63) is 0 Å². The van der Waals surface area contributed by atoms with Crippen molar-refractivity contribution in [1.82, 2.24) is 4.90 Å². The lowest BCUT2D eigenvalue weighted by molar-refractivity contribution is 0.213. The smallest absolute Gasteiger partial charge is 0.0379 e. The summed E-state index contributed by atoms with van der Waals surface area (Å²) in [5, 5.41) is 0. The van der Waals surface area contributed by atoms with Crippen LogP contribution in [0, 0.1) is 0 Å². The number of alkyl halides is 1. The van der Waals surface area contributed by atoms with Gasteiger partial charge < -0.3 is 0 Å². The SMILES string of the molecule is CCCCN1C(CCl)CC[C@@H]1C. The standard InChI is InChI=1S/C10H20ClN/c1-3-4-7-12-9(2)5-6-10(12)8-11/h9-10H,3-8H2,1-2H3/t9-,10?/m0/s1. The van der Waals surface area contributed by atoms with Gasteiger partial charge in [-0.15, -0.1) is 11.6 Å². The Morgan fingerprint density at radius 3 is 2.75 bits per heavy atom. The molecule has 0 saturated carbocycles. The van der Waals surface area contributed by atoms with Gasteiger partial charge in [0.15, 0.2) is 0 Å². The molecule has 1 aliphatic heterocycles. The van der Waals surface area contributed by atoms with Gasteiger partial charge in [0.2, 0.25) is 0 Å². The van der Waals surface area contributed by atoms with Crippen LogP contribution in [0.5, 0.6) is 0 Å². The molecule has 0 aromatic carbocycles. The summed E-state index contributed by atoms with van der Waals surface area (Å²) in [6.07, 6.45) is 5.24. The highest BCUT2D eigenvalue weighted by Crippen LogP contribution is 2.24. The van der Waals surface area contributed by atoms with Crippen LogP contribution < -0.4 is 0 Å². The Labute approximate surface area is 81.1 Å². The molecule has 2 atom stereocenters. The molecule has 1 unspecified atom stereocenters. The molecule has 1 heterocycles. The molecule has 0 bridgehead atoms. The molecular formula is C10H20ClN. The molecule has 1 fully saturated rings. The van der Waals surface area contributed by atoms with Gasteiger partial charge in [0, 0.05) is 18.0 Å². The quantitative estimate of drug-likeness (QED) is 0.615. The van der Waals surface area contributed by atoms with E-state index >= 15 is 0 Å². The van der Waals surface area contributed by atoms with E-state index in [9.17, 15) is 0 Å². The van der Waals surface area contributed by atoms with E-state index in [1.54, 1.807) is 0 Å². The second-order valence-corrected chi connectivity index (χ2v) is 4.13. The van der Waals surface area contributed by atoms with E-state index in [1.807, 2.05) is 0 Å². The Balaban J connectivity index is 2.35. The number of hydrogen-bond acceptors (Lipinski definition) is 1. The van der Waals surface area contributed by atoms with Crippen LogP contribution in [-0.4, -0.2) is 29.4 Å². The average Bonchev–Trinajstić information content (AvgIpc) is 2.43. The van der Waals surface area contributed by atoms with Crippen LogP contribution >= 0.6 is 11.6 Å². The van der Waals surface area contributed by atoms with Gasteiger partial charge in [0.05, 0.1) is 0 Å². The van der Waals surface area contributed by atoms with Crippen molar-refractivity contribution < 1.29 is 0 Å². The Bertz CT molecular complexity index is 127. The highest BCUT2D eigenvalue weighted by Gasteiger charge is 2.28. The summed E-state index contributed by atoms with van der Waals surface area (Å²) < 4.78 is 0. The summed E-state index contributed by atoms with van der Waals surface area (Å²) in [5.41, 5.74) is 0. The fourth-order valence-electron chi connectivity index (χ4n) is 2.03. The first-order valence-corrected chi connectivity index (χ1v) is 5.64. The topological polar surface area (TPSA) is 3.24 Å². The molecular weight excluding hydrogens is 170 g/mol. The summed E-state index contributed by atoms with van der Waals surface area (Å²) in [6.45, 7) is 5.81. The molecule has 1 rings (SSSR count). The van der Waals surface area contributed by atoms with Crippen molar-refractivity contribution in [2.24, 2.45) is 0 Å². The van der Waals surface area contributed by atoms with Crippen LogP contribution in [0.15, 0.2) is 0 Å². The Morgan fingerprint density at radius 1 is 1.42 bits per heavy atom. The fraction of sp³-hybridized carbons (Fsp3) is 1.00. The maximum Gasteiger partial charge on any atom is 0.0379 e. The summed E-state index contributed by atoms with van der Waals surface area (Å²) in [7, 11) is 0. The minimum atomic E-state index is 0.660. The van der Waals surface area contributed by atoms with Crippen molar-refractivity contribution >= 4 is 11.6 Å². The number of likely N-dealkylation sites (tertiary alicyclic amines) is 1. The first kappa shape index (κ1) is 10.3. The molecule has 0 amide bonds. The summed E-state index contributed by atoms with van der Waals surface area (Å²) in [6, 6.07) is 1.42. The minimum absolute atomic E-state index is 0.660. The molecule has 0 N–H and O–H groups in total. The average molecular weight is 190 g/mol. The second kappa shape index (κ2) is 5.08. The van der Waals surface area contributed by atoms with E-state index in [4.69, 9.17) is 11.6 Å². The number of rotatable bonds is 4. The molecule has 1 aliphatic rings. The van der Waals surface area contributed by atoms with Crippen LogP contribution in [0.3, 0.4) is 0 Å². The van der Waals surface area contributed by atoms with Gasteiger partial charge in [-0.3, -0.25) is 4.90 Å². The van der Waals surface area contributed by atoms with Gasteiger partial charge in [0.25, 0.3) is 0 Å². The van der Waals surface area contributed by atoms with Gasteiger partial charge in [-0.1, -0.05) is 13.3 Å². The fourth-order valence-corrected chi connectivity index (χ4v) is 2.37. The van der Waals surface area contributed by atoms with E-state index in [0.29, 0.717) is 6.04 Å². The lowest BCUT2D eigenvalue weighted by Crippen LogP contribution is -2.36. The summed E-state index contributed by atoms with van der Waals surface area (Å²) in [4.78, 5) is 2.58. The summed E-state index contributed by atoms with van der Waals surface area (Å²) >= 11 is 5.91. The van der Waals surface area contributed by atoms with Crippen molar-refractivity contribution in [3.63, 3.8) is 0 Å². The predicted molar refractivity (Wildman–Crippen MR) is 54.8 cm³/mol. The minimum Gasteiger partial charge on any atom is -0.297 e. The molecule has 0 radical (unpaired) electrons. The molecule has 0 aliphatic carbocycles. The normalized spacial score (nSPS) is 31.2. The summed E-state index contributed by atoms with van der Waals surface area (Å²) in [5.74, 6) is 0.814. The van der Waals surface area contributed by atoms with Gasteiger partial charge in [0.1, 0.15) is 0 Å². The van der Waals surface area contributed by atoms with E-state index in [0.717, 1.165) is 11.9 Å². The van der Waals surface area contributed by atoms with Gasteiger partial charge in [-0.25, -0.2) is 0 Å². The van der Waals surface area contributed by atoms with E-state index in [1.165, 1.54) is 32.2 Å². The van der Waals surface area contributed by atoms with Crippen molar-refractivity contribution in [3.8, 4) is 0 Å². The Morgan fingerprint density at radius 2 is 2.17 bits per heavy atom. The third kappa shape index (κ3) is 2.37. The van der Waals surface area contributed by atoms with Crippen molar-refractivity contribution in [2.45, 2.75) is 51.6 Å². The molecule has 0 aromatic heterocycles. The van der Waals surface area contributed by atoms with E-state index in [2.05, 4.69) is 18.7 Å². The predicted octanol–water partition coefficient (Wildman–Crippen LogP) is 2.88. The number of unbranched alkanes of at least 4 members (excludes halogenated alkanes) is 1. The van der Waals surface area contributed by atoms with Crippen LogP contribution in [0.2, 0.25) is 0 Å². The molecule has 12 heavy (non-hydrogen) atoms. The molecule has 2 heteroatoms. The van der Waals surface area contributed by atoms with E-state index in [-0.39, 0.29) is 0 Å². The zero-order valence-corrected chi connectivity index (χ0v) is 8.98. The van der Waals surface area contributed by atoms with Gasteiger partial charge in [-0.2, -0.15) is 0 Å². The molecule has 0 aromatic rings. The lowest BCUT2D eigenvalue weighted by atomic mass is 10.2. The third-order valence-corrected chi connectivity index (χ3v) is 3.26. The van der Waals surface area contributed by atoms with Crippen LogP contribution in [0.1, 0.15) is 39.5 Å².